The number of hydrogen-bond donors (Lipinski definition) is 1. The van der Waals surface area contributed by atoms with E-state index < -0.39 is 5.82 Å². The number of thioether (sulfide) groups is 1. The molecule has 1 aromatic heterocycles. The summed E-state index contributed by atoms with van der Waals surface area (Å²) >= 11 is 7.37. The van der Waals surface area contributed by atoms with Crippen LogP contribution in [0, 0.1) is 5.82 Å². The molecule has 7 heteroatoms. The quantitative estimate of drug-likeness (QED) is 0.545. The highest BCUT2D eigenvalue weighted by molar-refractivity contribution is 7.98. The van der Waals surface area contributed by atoms with Gasteiger partial charge in [-0.3, -0.25) is 0 Å². The number of carbonyl (C=O) groups excluding carboxylic acids is 1. The van der Waals surface area contributed by atoms with Crippen molar-refractivity contribution in [2.24, 2.45) is 0 Å². The molecule has 1 N–H and O–H groups in total. The Hall–Kier alpha value is -2.31. The fourth-order valence-corrected chi connectivity index (χ4v) is 3.59. The summed E-state index contributed by atoms with van der Waals surface area (Å²) in [5.74, 6) is -0.525. The van der Waals surface area contributed by atoms with Crippen LogP contribution in [-0.4, -0.2) is 29.2 Å². The Kier molecular flexibility index (Phi) is 5.87. The maximum Gasteiger partial charge on any atom is 0.322 e. The molecule has 0 fully saturated rings. The number of pyridine rings is 1. The Morgan fingerprint density at radius 3 is 2.63 bits per heavy atom. The molecule has 1 unspecified atom stereocenters. The van der Waals surface area contributed by atoms with E-state index in [0.717, 1.165) is 21.4 Å². The molecule has 0 bridgehead atoms. The van der Waals surface area contributed by atoms with Gasteiger partial charge in [0.1, 0.15) is 10.8 Å². The molecule has 3 rings (SSSR count). The number of rotatable bonds is 4. The van der Waals surface area contributed by atoms with Crippen LogP contribution in [0.1, 0.15) is 18.5 Å². The van der Waals surface area contributed by atoms with Crippen LogP contribution in [0.2, 0.25) is 5.02 Å². The van der Waals surface area contributed by atoms with Gasteiger partial charge in [0.15, 0.2) is 0 Å². The second kappa shape index (κ2) is 8.15. The van der Waals surface area contributed by atoms with Crippen molar-refractivity contribution in [3.8, 4) is 0 Å². The summed E-state index contributed by atoms with van der Waals surface area (Å²) in [6.45, 7) is 1.94. The molecule has 2 aromatic carbocycles. The van der Waals surface area contributed by atoms with Gasteiger partial charge in [-0.25, -0.2) is 14.2 Å². The van der Waals surface area contributed by atoms with Crippen molar-refractivity contribution < 1.29 is 9.18 Å². The summed E-state index contributed by atoms with van der Waals surface area (Å²) in [5, 5.41) is 5.79. The number of anilines is 1. The number of benzene rings is 2. The number of halogens is 2. The summed E-state index contributed by atoms with van der Waals surface area (Å²) in [6, 6.07) is 11.6. The van der Waals surface area contributed by atoms with Crippen LogP contribution in [-0.2, 0) is 0 Å². The molecule has 4 nitrogen and oxygen atoms in total. The smallest absolute Gasteiger partial charge is 0.321 e. The number of amides is 2. The van der Waals surface area contributed by atoms with E-state index in [9.17, 15) is 9.18 Å². The predicted molar refractivity (Wildman–Crippen MR) is 110 cm³/mol. The average molecular weight is 404 g/mol. The molecular formula is C20H19ClFN3OS. The second-order valence-electron chi connectivity index (χ2n) is 6.11. The molecule has 1 heterocycles. The van der Waals surface area contributed by atoms with Crippen LogP contribution in [0.15, 0.2) is 53.7 Å². The van der Waals surface area contributed by atoms with E-state index >= 15 is 0 Å². The molecule has 27 heavy (non-hydrogen) atoms. The number of fused-ring (bicyclic) bond motifs is 1. The lowest BCUT2D eigenvalue weighted by molar-refractivity contribution is 0.208. The highest BCUT2D eigenvalue weighted by Gasteiger charge is 2.21. The summed E-state index contributed by atoms with van der Waals surface area (Å²) < 4.78 is 13.3. The predicted octanol–water partition coefficient (Wildman–Crippen LogP) is 5.97. The number of nitrogens with one attached hydrogen (secondary N) is 1. The van der Waals surface area contributed by atoms with Gasteiger partial charge in [0.05, 0.1) is 11.1 Å². The molecule has 2 amide bonds. The maximum atomic E-state index is 13.3. The topological polar surface area (TPSA) is 45.2 Å². The summed E-state index contributed by atoms with van der Waals surface area (Å²) in [6.07, 6.45) is 3.81. The molecular weight excluding hydrogens is 385 g/mol. The third-order valence-corrected chi connectivity index (χ3v) is 5.51. The average Bonchev–Trinajstić information content (AvgIpc) is 2.68. The number of hydrogen-bond acceptors (Lipinski definition) is 3. The molecule has 1 atom stereocenters. The number of urea groups is 1. The first-order chi connectivity index (χ1) is 12.9. The molecule has 0 saturated heterocycles. The Balaban J connectivity index is 1.86. The monoisotopic (exact) mass is 403 g/mol. The lowest BCUT2D eigenvalue weighted by Crippen LogP contribution is -2.33. The van der Waals surface area contributed by atoms with Gasteiger partial charge in [0.2, 0.25) is 0 Å². The third kappa shape index (κ3) is 4.01. The van der Waals surface area contributed by atoms with Gasteiger partial charge >= 0.3 is 6.03 Å². The Labute approximate surface area is 166 Å². The largest absolute Gasteiger partial charge is 0.322 e. The SMILES string of the molecule is CSc1ncc(C(C)N(C)C(=O)Nc2ccc(F)c(Cl)c2)c2ccccc12. The van der Waals surface area contributed by atoms with Crippen LogP contribution in [0.4, 0.5) is 14.9 Å². The minimum Gasteiger partial charge on any atom is -0.321 e. The van der Waals surface area contributed by atoms with Crippen molar-refractivity contribution in [3.05, 3.63) is 65.1 Å². The Morgan fingerprint density at radius 1 is 1.26 bits per heavy atom. The lowest BCUT2D eigenvalue weighted by Gasteiger charge is -2.26. The first-order valence-corrected chi connectivity index (χ1v) is 9.93. The minimum atomic E-state index is -0.525. The van der Waals surface area contributed by atoms with Crippen molar-refractivity contribution >= 4 is 45.9 Å². The van der Waals surface area contributed by atoms with Gasteiger partial charge in [0, 0.05) is 29.9 Å². The van der Waals surface area contributed by atoms with E-state index in [1.54, 1.807) is 23.7 Å². The summed E-state index contributed by atoms with van der Waals surface area (Å²) in [4.78, 5) is 18.8. The van der Waals surface area contributed by atoms with E-state index in [-0.39, 0.29) is 17.1 Å². The number of nitrogens with zero attached hydrogens (tertiary/aromatic N) is 2. The highest BCUT2D eigenvalue weighted by Crippen LogP contribution is 2.32. The molecule has 0 aliphatic carbocycles. The van der Waals surface area contributed by atoms with Crippen molar-refractivity contribution in [1.29, 1.82) is 0 Å². The van der Waals surface area contributed by atoms with Gasteiger partial charge in [-0.15, -0.1) is 11.8 Å². The van der Waals surface area contributed by atoms with Gasteiger partial charge in [-0.2, -0.15) is 0 Å². The van der Waals surface area contributed by atoms with Gasteiger partial charge in [-0.05, 0) is 36.8 Å². The fourth-order valence-electron chi connectivity index (χ4n) is 2.85. The van der Waals surface area contributed by atoms with E-state index in [1.807, 2.05) is 43.6 Å². The maximum absolute atomic E-state index is 13.3. The third-order valence-electron chi connectivity index (χ3n) is 4.50. The van der Waals surface area contributed by atoms with E-state index in [0.29, 0.717) is 5.69 Å². The second-order valence-corrected chi connectivity index (χ2v) is 7.32. The van der Waals surface area contributed by atoms with E-state index in [1.165, 1.54) is 18.2 Å². The van der Waals surface area contributed by atoms with Crippen LogP contribution in [0.5, 0.6) is 0 Å². The first kappa shape index (κ1) is 19.5. The zero-order valence-electron chi connectivity index (χ0n) is 15.2. The molecule has 0 spiro atoms. The molecule has 0 radical (unpaired) electrons. The highest BCUT2D eigenvalue weighted by atomic mass is 35.5. The Morgan fingerprint density at radius 2 is 1.96 bits per heavy atom. The number of carbonyl (C=O) groups is 1. The molecule has 0 saturated carbocycles. The van der Waals surface area contributed by atoms with Crippen LogP contribution >= 0.6 is 23.4 Å². The first-order valence-electron chi connectivity index (χ1n) is 8.33. The summed E-state index contributed by atoms with van der Waals surface area (Å²) in [7, 11) is 1.71. The summed E-state index contributed by atoms with van der Waals surface area (Å²) in [5.41, 5.74) is 1.39. The van der Waals surface area contributed by atoms with Gasteiger partial charge in [-0.1, -0.05) is 35.9 Å². The van der Waals surface area contributed by atoms with E-state index in [4.69, 9.17) is 11.6 Å². The van der Waals surface area contributed by atoms with Crippen molar-refractivity contribution in [3.63, 3.8) is 0 Å². The van der Waals surface area contributed by atoms with Crippen molar-refractivity contribution in [2.45, 2.75) is 18.0 Å². The molecule has 0 aliphatic heterocycles. The van der Waals surface area contributed by atoms with Crippen molar-refractivity contribution in [2.75, 3.05) is 18.6 Å². The molecule has 140 valence electrons. The van der Waals surface area contributed by atoms with E-state index in [2.05, 4.69) is 10.3 Å². The molecule has 3 aromatic rings. The van der Waals surface area contributed by atoms with Crippen LogP contribution in [0.3, 0.4) is 0 Å². The zero-order chi connectivity index (χ0) is 19.6. The van der Waals surface area contributed by atoms with Crippen LogP contribution in [0.25, 0.3) is 10.8 Å². The molecule has 0 aliphatic rings. The lowest BCUT2D eigenvalue weighted by atomic mass is 10.0. The normalized spacial score (nSPS) is 12.0. The van der Waals surface area contributed by atoms with Crippen LogP contribution < -0.4 is 5.32 Å². The minimum absolute atomic E-state index is 0.0358. The van der Waals surface area contributed by atoms with Gasteiger partial charge < -0.3 is 10.2 Å². The zero-order valence-corrected chi connectivity index (χ0v) is 16.7. The fraction of sp³-hybridized carbons (Fsp3) is 0.200. The van der Waals surface area contributed by atoms with Gasteiger partial charge in [0.25, 0.3) is 0 Å². The van der Waals surface area contributed by atoms with Crippen molar-refractivity contribution in [1.82, 2.24) is 9.88 Å². The standard InChI is InChI=1S/C20H19ClFN3OS/c1-12(16-11-23-19(27-3)15-7-5-4-6-14(15)16)25(2)20(26)24-13-8-9-18(22)17(21)10-13/h4-12H,1-3H3,(H,24,26). The Bertz CT molecular complexity index is 998. The number of aromatic nitrogens is 1.